The quantitative estimate of drug-likeness (QED) is 0.496. The van der Waals surface area contributed by atoms with Gasteiger partial charge in [0.2, 0.25) is 5.91 Å². The number of hydrogen-bond acceptors (Lipinski definition) is 5. The third-order valence-corrected chi connectivity index (χ3v) is 5.49. The highest BCUT2D eigenvalue weighted by atomic mass is 32.2. The summed E-state index contributed by atoms with van der Waals surface area (Å²) in [4.78, 5) is 35.4. The fraction of sp³-hybridized carbons (Fsp3) is 0.579. The van der Waals surface area contributed by atoms with E-state index in [2.05, 4.69) is 10.6 Å². The second-order valence-electron chi connectivity index (χ2n) is 6.86. The smallest absolute Gasteiger partial charge is 0.270 e. The number of benzene rings is 1. The van der Waals surface area contributed by atoms with E-state index < -0.39 is 16.9 Å². The molecule has 0 heterocycles. The summed E-state index contributed by atoms with van der Waals surface area (Å²) in [6.07, 6.45) is 8.41. The van der Waals surface area contributed by atoms with E-state index in [0.29, 0.717) is 18.9 Å². The maximum atomic E-state index is 12.6. The number of carbonyl (C=O) groups excluding carboxylic acids is 2. The molecule has 148 valence electrons. The zero-order chi connectivity index (χ0) is 19.6. The molecule has 7 nitrogen and oxygen atoms in total. The van der Waals surface area contributed by atoms with Gasteiger partial charge in [-0.2, -0.15) is 11.8 Å². The summed E-state index contributed by atoms with van der Waals surface area (Å²) in [5.41, 5.74) is 0.0310. The van der Waals surface area contributed by atoms with Crippen molar-refractivity contribution in [1.82, 2.24) is 10.6 Å². The molecule has 8 heteroatoms. The summed E-state index contributed by atoms with van der Waals surface area (Å²) < 4.78 is 0. The topological polar surface area (TPSA) is 101 Å². The third-order valence-electron chi connectivity index (χ3n) is 4.84. The number of nitro benzene ring substituents is 1. The van der Waals surface area contributed by atoms with Crippen molar-refractivity contribution in [3.63, 3.8) is 0 Å². The SMILES string of the molecule is CSCCC(NC(=O)c1cccc([N+](=O)[O-])c1)C(=O)NCC1CCCCC1. The van der Waals surface area contributed by atoms with Gasteiger partial charge in [0.05, 0.1) is 4.92 Å². The number of hydrogen-bond donors (Lipinski definition) is 2. The Kier molecular flexibility index (Phi) is 8.57. The summed E-state index contributed by atoms with van der Waals surface area (Å²) >= 11 is 1.60. The Morgan fingerprint density at radius 3 is 2.70 bits per heavy atom. The molecular weight excluding hydrogens is 366 g/mol. The van der Waals surface area contributed by atoms with Gasteiger partial charge >= 0.3 is 0 Å². The normalized spacial score (nSPS) is 15.7. The number of carbonyl (C=O) groups is 2. The Hall–Kier alpha value is -2.09. The van der Waals surface area contributed by atoms with Gasteiger partial charge < -0.3 is 10.6 Å². The Morgan fingerprint density at radius 1 is 1.30 bits per heavy atom. The summed E-state index contributed by atoms with van der Waals surface area (Å²) in [7, 11) is 0. The molecule has 1 fully saturated rings. The van der Waals surface area contributed by atoms with E-state index in [9.17, 15) is 19.7 Å². The molecule has 2 rings (SSSR count). The van der Waals surface area contributed by atoms with Crippen LogP contribution in [0.25, 0.3) is 0 Å². The van der Waals surface area contributed by atoms with Crippen molar-refractivity contribution in [3.05, 3.63) is 39.9 Å². The molecule has 0 radical (unpaired) electrons. The van der Waals surface area contributed by atoms with Gasteiger partial charge in [0.25, 0.3) is 11.6 Å². The fourth-order valence-corrected chi connectivity index (χ4v) is 3.74. The molecule has 1 aromatic carbocycles. The van der Waals surface area contributed by atoms with Crippen molar-refractivity contribution in [3.8, 4) is 0 Å². The lowest BCUT2D eigenvalue weighted by molar-refractivity contribution is -0.384. The molecule has 2 amide bonds. The molecule has 1 saturated carbocycles. The molecule has 0 saturated heterocycles. The van der Waals surface area contributed by atoms with Crippen LogP contribution in [0, 0.1) is 16.0 Å². The average molecular weight is 394 g/mol. The number of rotatable bonds is 9. The molecule has 0 aromatic heterocycles. The highest BCUT2D eigenvalue weighted by Gasteiger charge is 2.23. The van der Waals surface area contributed by atoms with Gasteiger partial charge in [-0.05, 0) is 43.3 Å². The van der Waals surface area contributed by atoms with Crippen molar-refractivity contribution in [2.45, 2.75) is 44.6 Å². The van der Waals surface area contributed by atoms with E-state index >= 15 is 0 Å². The minimum absolute atomic E-state index is 0.148. The largest absolute Gasteiger partial charge is 0.354 e. The number of nitro groups is 1. The predicted octanol–water partition coefficient (Wildman–Crippen LogP) is 3.14. The number of non-ortho nitro benzene ring substituents is 1. The van der Waals surface area contributed by atoms with Crippen LogP contribution in [0.15, 0.2) is 24.3 Å². The Morgan fingerprint density at radius 2 is 2.04 bits per heavy atom. The van der Waals surface area contributed by atoms with Gasteiger partial charge in [-0.25, -0.2) is 0 Å². The summed E-state index contributed by atoms with van der Waals surface area (Å²) in [6, 6.07) is 4.88. The van der Waals surface area contributed by atoms with E-state index in [1.165, 1.54) is 43.5 Å². The molecule has 0 spiro atoms. The third kappa shape index (κ3) is 6.86. The lowest BCUT2D eigenvalue weighted by atomic mass is 9.89. The Balaban J connectivity index is 1.97. The van der Waals surface area contributed by atoms with Crippen LogP contribution in [-0.2, 0) is 4.79 Å². The summed E-state index contributed by atoms with van der Waals surface area (Å²) in [5, 5.41) is 16.6. The average Bonchev–Trinajstić information content (AvgIpc) is 2.70. The highest BCUT2D eigenvalue weighted by Crippen LogP contribution is 2.22. The van der Waals surface area contributed by atoms with Crippen molar-refractivity contribution in [1.29, 1.82) is 0 Å². The summed E-state index contributed by atoms with van der Waals surface area (Å²) in [6.45, 7) is 0.640. The zero-order valence-electron chi connectivity index (χ0n) is 15.6. The van der Waals surface area contributed by atoms with Crippen LogP contribution in [0.2, 0.25) is 0 Å². The van der Waals surface area contributed by atoms with Gasteiger partial charge in [0.15, 0.2) is 0 Å². The maximum absolute atomic E-state index is 12.6. The second kappa shape index (κ2) is 10.9. The second-order valence-corrected chi connectivity index (χ2v) is 7.85. The van der Waals surface area contributed by atoms with Crippen molar-refractivity contribution in [2.75, 3.05) is 18.6 Å². The van der Waals surface area contributed by atoms with Crippen LogP contribution in [-0.4, -0.2) is 41.3 Å². The molecular formula is C19H27N3O4S. The molecule has 1 aromatic rings. The van der Waals surface area contributed by atoms with Crippen molar-refractivity contribution in [2.24, 2.45) is 5.92 Å². The van der Waals surface area contributed by atoms with Gasteiger partial charge in [-0.3, -0.25) is 19.7 Å². The zero-order valence-corrected chi connectivity index (χ0v) is 16.4. The monoisotopic (exact) mass is 393 g/mol. The Bertz CT molecular complexity index is 662. The van der Waals surface area contributed by atoms with Crippen LogP contribution in [0.5, 0.6) is 0 Å². The van der Waals surface area contributed by atoms with Crippen LogP contribution in [0.3, 0.4) is 0 Å². The van der Waals surface area contributed by atoms with E-state index in [1.54, 1.807) is 11.8 Å². The minimum Gasteiger partial charge on any atom is -0.354 e. The van der Waals surface area contributed by atoms with E-state index in [0.717, 1.165) is 18.6 Å². The van der Waals surface area contributed by atoms with Gasteiger partial charge in [-0.15, -0.1) is 0 Å². The van der Waals surface area contributed by atoms with Gasteiger partial charge in [0, 0.05) is 24.2 Å². The first kappa shape index (κ1) is 21.2. The van der Waals surface area contributed by atoms with E-state index in [4.69, 9.17) is 0 Å². The van der Waals surface area contributed by atoms with Crippen LogP contribution >= 0.6 is 11.8 Å². The first-order valence-electron chi connectivity index (χ1n) is 9.33. The van der Waals surface area contributed by atoms with E-state index in [-0.39, 0.29) is 17.2 Å². The van der Waals surface area contributed by atoms with Crippen molar-refractivity contribution >= 4 is 29.3 Å². The van der Waals surface area contributed by atoms with E-state index in [1.807, 2.05) is 6.26 Å². The van der Waals surface area contributed by atoms with Crippen LogP contribution in [0.4, 0.5) is 5.69 Å². The standard InChI is InChI=1S/C19H27N3O4S/c1-27-11-10-17(19(24)20-13-14-6-3-2-4-7-14)21-18(23)15-8-5-9-16(12-15)22(25)26/h5,8-9,12,14,17H,2-4,6-7,10-11,13H2,1H3,(H,20,24)(H,21,23). The fourth-order valence-electron chi connectivity index (χ4n) is 3.27. The highest BCUT2D eigenvalue weighted by molar-refractivity contribution is 7.98. The first-order valence-corrected chi connectivity index (χ1v) is 10.7. The number of amides is 2. The number of thioether (sulfide) groups is 1. The van der Waals surface area contributed by atoms with Crippen molar-refractivity contribution < 1.29 is 14.5 Å². The molecule has 1 atom stereocenters. The molecule has 1 aliphatic carbocycles. The lowest BCUT2D eigenvalue weighted by Gasteiger charge is -2.24. The lowest BCUT2D eigenvalue weighted by Crippen LogP contribution is -2.48. The minimum atomic E-state index is -0.646. The first-order chi connectivity index (χ1) is 13.0. The molecule has 0 aliphatic heterocycles. The summed E-state index contributed by atoms with van der Waals surface area (Å²) in [5.74, 6) is 0.582. The van der Waals surface area contributed by atoms with Gasteiger partial charge in [-0.1, -0.05) is 25.3 Å². The molecule has 0 bridgehead atoms. The number of nitrogens with zero attached hydrogens (tertiary/aromatic N) is 1. The van der Waals surface area contributed by atoms with Gasteiger partial charge in [0.1, 0.15) is 6.04 Å². The van der Waals surface area contributed by atoms with Crippen LogP contribution in [0.1, 0.15) is 48.9 Å². The number of nitrogens with one attached hydrogen (secondary N) is 2. The predicted molar refractivity (Wildman–Crippen MR) is 107 cm³/mol. The van der Waals surface area contributed by atoms with Crippen LogP contribution < -0.4 is 10.6 Å². The molecule has 1 unspecified atom stereocenters. The molecule has 2 N–H and O–H groups in total. The maximum Gasteiger partial charge on any atom is 0.270 e. The molecule has 1 aliphatic rings. The Labute approximate surface area is 163 Å². The molecule has 27 heavy (non-hydrogen) atoms.